The number of hydrogen-bond donors (Lipinski definition) is 3. The van der Waals surface area contributed by atoms with Crippen LogP contribution in [0.4, 0.5) is 0 Å². The number of rotatable bonds is 7. The Labute approximate surface area is 134 Å². The van der Waals surface area contributed by atoms with E-state index in [2.05, 4.69) is 29.5 Å². The minimum atomic E-state index is -0.488. The van der Waals surface area contributed by atoms with Crippen molar-refractivity contribution in [3.05, 3.63) is 34.0 Å². The molecule has 0 fully saturated rings. The van der Waals surface area contributed by atoms with Crippen molar-refractivity contribution < 1.29 is 14.6 Å². The van der Waals surface area contributed by atoms with Gasteiger partial charge < -0.3 is 9.84 Å². The minimum Gasteiger partial charge on any atom is -0.508 e. The maximum Gasteiger partial charge on any atom is 0.323 e. The molecule has 21 heavy (non-hydrogen) atoms. The molecule has 1 rings (SSSR count). The van der Waals surface area contributed by atoms with Crippen molar-refractivity contribution in [2.45, 2.75) is 25.9 Å². The Morgan fingerprint density at radius 2 is 2.33 bits per heavy atom. The zero-order chi connectivity index (χ0) is 16.0. The van der Waals surface area contributed by atoms with Gasteiger partial charge in [0.25, 0.3) is 0 Å². The second kappa shape index (κ2) is 8.21. The molecule has 1 heterocycles. The van der Waals surface area contributed by atoms with E-state index in [0.29, 0.717) is 5.75 Å². The first-order valence-corrected chi connectivity index (χ1v) is 7.83. The lowest BCUT2D eigenvalue weighted by Gasteiger charge is -2.18. The number of nitrogens with zero attached hydrogens (tertiary/aromatic N) is 1. The van der Waals surface area contributed by atoms with Gasteiger partial charge in [0.05, 0.1) is 23.7 Å². The summed E-state index contributed by atoms with van der Waals surface area (Å²) in [5.41, 5.74) is 0.817. The van der Waals surface area contributed by atoms with E-state index in [0.717, 1.165) is 15.6 Å². The van der Waals surface area contributed by atoms with E-state index in [4.69, 9.17) is 4.74 Å². The lowest BCUT2D eigenvalue weighted by molar-refractivity contribution is -0.142. The van der Waals surface area contributed by atoms with E-state index >= 15 is 0 Å². The van der Waals surface area contributed by atoms with Gasteiger partial charge in [-0.25, -0.2) is 4.98 Å². The van der Waals surface area contributed by atoms with E-state index in [1.165, 1.54) is 24.5 Å². The number of hydrogen-bond acceptors (Lipinski definition) is 7. The summed E-state index contributed by atoms with van der Waals surface area (Å²) in [6.07, 6.45) is 2.99. The Balaban J connectivity index is 2.88. The molecule has 5 nitrogen and oxygen atoms in total. The van der Waals surface area contributed by atoms with E-state index in [-0.39, 0.29) is 17.8 Å². The lowest BCUT2D eigenvalue weighted by Crippen LogP contribution is -2.40. The van der Waals surface area contributed by atoms with Crippen LogP contribution in [0.25, 0.3) is 6.08 Å². The lowest BCUT2D eigenvalue weighted by atomic mass is 10.2. The van der Waals surface area contributed by atoms with Gasteiger partial charge in [-0.15, -0.1) is 11.3 Å². The van der Waals surface area contributed by atoms with Crippen molar-refractivity contribution in [1.82, 2.24) is 10.3 Å². The number of nitrogens with one attached hydrogen (secondary N) is 1. The van der Waals surface area contributed by atoms with Crippen LogP contribution in [0.2, 0.25) is 0 Å². The van der Waals surface area contributed by atoms with Crippen LogP contribution in [0, 0.1) is 6.92 Å². The molecular formula is C14H20N2O3S2. The highest BCUT2D eigenvalue weighted by Crippen LogP contribution is 2.26. The van der Waals surface area contributed by atoms with Gasteiger partial charge in [0.2, 0.25) is 0 Å². The Morgan fingerprint density at radius 3 is 2.86 bits per heavy atom. The second-order valence-electron chi connectivity index (χ2n) is 4.42. The molecule has 2 atom stereocenters. The summed E-state index contributed by atoms with van der Waals surface area (Å²) in [6.45, 7) is 7.28. The van der Waals surface area contributed by atoms with E-state index in [1.54, 1.807) is 6.08 Å². The monoisotopic (exact) mass is 328 g/mol. The molecule has 0 aliphatic carbocycles. The molecule has 116 valence electrons. The van der Waals surface area contributed by atoms with Crippen molar-refractivity contribution in [2.75, 3.05) is 12.9 Å². The van der Waals surface area contributed by atoms with Crippen LogP contribution in [0.3, 0.4) is 0 Å². The average molecular weight is 328 g/mol. The number of esters is 1. The largest absolute Gasteiger partial charge is 0.508 e. The third-order valence-electron chi connectivity index (χ3n) is 2.83. The number of ether oxygens (including phenoxy) is 1. The molecular weight excluding hydrogens is 308 g/mol. The molecule has 0 aliphatic rings. The highest BCUT2D eigenvalue weighted by Gasteiger charge is 2.22. The zero-order valence-electron chi connectivity index (χ0n) is 12.3. The van der Waals surface area contributed by atoms with Gasteiger partial charge in [-0.3, -0.25) is 10.1 Å². The molecule has 0 aliphatic heterocycles. The fraction of sp³-hybridized carbons (Fsp3) is 0.429. The third kappa shape index (κ3) is 4.87. The first-order valence-electron chi connectivity index (χ1n) is 6.38. The van der Waals surface area contributed by atoms with E-state index in [9.17, 15) is 9.90 Å². The summed E-state index contributed by atoms with van der Waals surface area (Å²) in [5, 5.41) is 13.5. The Bertz CT molecular complexity index is 540. The van der Waals surface area contributed by atoms with Gasteiger partial charge in [-0.05, 0) is 26.0 Å². The summed E-state index contributed by atoms with van der Waals surface area (Å²) >= 11 is 5.59. The van der Waals surface area contributed by atoms with Crippen LogP contribution in [0.1, 0.15) is 28.5 Å². The Hall–Kier alpha value is -1.31. The molecule has 2 unspecified atom stereocenters. The normalized spacial score (nSPS) is 14.6. The van der Waals surface area contributed by atoms with Crippen LogP contribution in [-0.2, 0) is 9.53 Å². The fourth-order valence-corrected chi connectivity index (χ4v) is 2.93. The van der Waals surface area contributed by atoms with Crippen molar-refractivity contribution in [1.29, 1.82) is 0 Å². The summed E-state index contributed by atoms with van der Waals surface area (Å²) in [5.74, 6) is 0.0806. The van der Waals surface area contributed by atoms with Crippen LogP contribution < -0.4 is 5.32 Å². The average Bonchev–Trinajstić information content (AvgIpc) is 2.84. The SMILES string of the molecule is C=C/C(O)=C\c1sc(C(C)NC(CS)C(=O)OC)nc1C. The van der Waals surface area contributed by atoms with Crippen molar-refractivity contribution in [3.8, 4) is 0 Å². The number of carbonyl (C=O) groups excluding carboxylic acids is 1. The maximum atomic E-state index is 11.6. The smallest absolute Gasteiger partial charge is 0.323 e. The van der Waals surface area contributed by atoms with Crippen LogP contribution in [-0.4, -0.2) is 35.0 Å². The summed E-state index contributed by atoms with van der Waals surface area (Å²) in [4.78, 5) is 16.9. The number of aryl methyl sites for hydroxylation is 1. The molecule has 0 spiro atoms. The van der Waals surface area contributed by atoms with Gasteiger partial charge in [-0.2, -0.15) is 12.6 Å². The van der Waals surface area contributed by atoms with Crippen molar-refractivity contribution >= 4 is 36.0 Å². The number of aromatic nitrogens is 1. The number of methoxy groups -OCH3 is 1. The van der Waals surface area contributed by atoms with Gasteiger partial charge in [-0.1, -0.05) is 6.58 Å². The van der Waals surface area contributed by atoms with Crippen molar-refractivity contribution in [2.24, 2.45) is 0 Å². The first-order chi connectivity index (χ1) is 9.92. The molecule has 0 amide bonds. The molecule has 0 saturated heterocycles. The van der Waals surface area contributed by atoms with Gasteiger partial charge >= 0.3 is 5.97 Å². The highest BCUT2D eigenvalue weighted by molar-refractivity contribution is 7.80. The number of thiazole rings is 1. The maximum absolute atomic E-state index is 11.6. The van der Waals surface area contributed by atoms with Crippen LogP contribution in [0.5, 0.6) is 0 Å². The fourth-order valence-electron chi connectivity index (χ4n) is 1.65. The number of thiol groups is 1. The summed E-state index contributed by atoms with van der Waals surface area (Å²) in [6, 6.07) is -0.615. The quantitative estimate of drug-likeness (QED) is 0.311. The predicted octanol–water partition coefficient (Wildman–Crippen LogP) is 2.66. The Kier molecular flexibility index (Phi) is 6.94. The molecule has 0 saturated carbocycles. The highest BCUT2D eigenvalue weighted by atomic mass is 32.1. The molecule has 1 aromatic rings. The summed E-state index contributed by atoms with van der Waals surface area (Å²) in [7, 11) is 1.35. The Morgan fingerprint density at radius 1 is 1.67 bits per heavy atom. The number of carbonyl (C=O) groups is 1. The zero-order valence-corrected chi connectivity index (χ0v) is 14.0. The molecule has 0 radical (unpaired) electrons. The molecule has 0 bridgehead atoms. The van der Waals surface area contributed by atoms with Crippen LogP contribution >= 0.6 is 24.0 Å². The molecule has 0 aromatic carbocycles. The topological polar surface area (TPSA) is 71.5 Å². The predicted molar refractivity (Wildman–Crippen MR) is 88.9 cm³/mol. The second-order valence-corrected chi connectivity index (χ2v) is 5.85. The summed E-state index contributed by atoms with van der Waals surface area (Å²) < 4.78 is 4.72. The van der Waals surface area contributed by atoms with E-state index < -0.39 is 6.04 Å². The van der Waals surface area contributed by atoms with E-state index in [1.807, 2.05) is 13.8 Å². The standard InChI is InChI=1S/C14H20N2O3S2/c1-5-10(17)6-12-8(2)16-13(21-12)9(3)15-11(7-20)14(18)19-4/h5-6,9,11,15,17,20H,1,7H2,2-4H3/b10-6+. The minimum absolute atomic E-state index is 0.0942. The number of aliphatic hydroxyl groups excluding tert-OH is 1. The number of allylic oxidation sites excluding steroid dienone is 1. The van der Waals surface area contributed by atoms with Crippen molar-refractivity contribution in [3.63, 3.8) is 0 Å². The van der Waals surface area contributed by atoms with Gasteiger partial charge in [0.15, 0.2) is 0 Å². The first kappa shape index (κ1) is 17.7. The van der Waals surface area contributed by atoms with Crippen LogP contribution in [0.15, 0.2) is 18.4 Å². The molecule has 2 N–H and O–H groups in total. The molecule has 7 heteroatoms. The number of aliphatic hydroxyl groups is 1. The third-order valence-corrected chi connectivity index (χ3v) is 4.48. The van der Waals surface area contributed by atoms with Gasteiger partial charge in [0, 0.05) is 5.75 Å². The molecule has 1 aromatic heterocycles. The van der Waals surface area contributed by atoms with Gasteiger partial charge in [0.1, 0.15) is 16.8 Å².